The lowest BCUT2D eigenvalue weighted by Gasteiger charge is -2.02. The molecule has 0 bridgehead atoms. The Morgan fingerprint density at radius 1 is 1.18 bits per heavy atom. The third-order valence-corrected chi connectivity index (χ3v) is 2.08. The molecule has 0 amide bonds. The average Bonchev–Trinajstić information content (AvgIpc) is 2.30. The maximum atomic E-state index is 5.53. The lowest BCUT2D eigenvalue weighted by molar-refractivity contribution is 0.362. The Bertz CT molecular complexity index is 333. The van der Waals surface area contributed by atoms with Gasteiger partial charge in [0, 0.05) is 13.1 Å². The Morgan fingerprint density at radius 3 is 2.53 bits per heavy atom. The number of halogens is 1. The van der Waals surface area contributed by atoms with Gasteiger partial charge in [0.25, 0.3) is 0 Å². The molecule has 0 atom stereocenters. The molecule has 94 valence electrons. The molecule has 1 N–H and O–H groups in total. The molecule has 0 aliphatic carbocycles. The number of aryl methyl sites for hydroxylation is 1. The van der Waals surface area contributed by atoms with Crippen LogP contribution in [0.5, 0.6) is 5.75 Å². The van der Waals surface area contributed by atoms with Crippen molar-refractivity contribution in [2.75, 3.05) is 19.7 Å². The summed E-state index contributed by atoms with van der Waals surface area (Å²) >= 11 is 0. The minimum atomic E-state index is 0. The predicted octanol–water partition coefficient (Wildman–Crippen LogP) is 3.13. The molecule has 0 aliphatic rings. The Morgan fingerprint density at radius 2 is 1.88 bits per heavy atom. The number of hydrogen-bond donors (Lipinski definition) is 1. The molecule has 2 nitrogen and oxygen atoms in total. The van der Waals surface area contributed by atoms with E-state index in [9.17, 15) is 0 Å². The second-order valence-corrected chi connectivity index (χ2v) is 3.54. The summed E-state index contributed by atoms with van der Waals surface area (Å²) in [6.07, 6.45) is 5.91. The Labute approximate surface area is 110 Å². The maximum Gasteiger partial charge on any atom is 0.119 e. The van der Waals surface area contributed by atoms with E-state index in [0.717, 1.165) is 18.8 Å². The maximum absolute atomic E-state index is 5.53. The van der Waals surface area contributed by atoms with Crippen molar-refractivity contribution in [3.63, 3.8) is 0 Å². The van der Waals surface area contributed by atoms with Crippen molar-refractivity contribution in [2.24, 2.45) is 0 Å². The fourth-order valence-electron chi connectivity index (χ4n) is 1.20. The molecule has 0 aliphatic heterocycles. The summed E-state index contributed by atoms with van der Waals surface area (Å²) in [5.74, 6) is 0.911. The van der Waals surface area contributed by atoms with E-state index in [1.807, 2.05) is 36.4 Å². The SMILES string of the molecule is C=CCNCC=CCOc1ccc(C)cc1.Cl. The minimum Gasteiger partial charge on any atom is -0.490 e. The van der Waals surface area contributed by atoms with Gasteiger partial charge in [0.2, 0.25) is 0 Å². The van der Waals surface area contributed by atoms with Crippen LogP contribution in [0.15, 0.2) is 49.1 Å². The molecule has 0 radical (unpaired) electrons. The first-order valence-electron chi connectivity index (χ1n) is 5.49. The van der Waals surface area contributed by atoms with Crippen molar-refractivity contribution in [3.05, 3.63) is 54.6 Å². The zero-order valence-corrected chi connectivity index (χ0v) is 11.0. The van der Waals surface area contributed by atoms with Crippen LogP contribution < -0.4 is 10.1 Å². The number of nitrogens with one attached hydrogen (secondary N) is 1. The molecule has 0 spiro atoms. The number of benzene rings is 1. The molecular weight excluding hydrogens is 234 g/mol. The van der Waals surface area contributed by atoms with Gasteiger partial charge in [0.15, 0.2) is 0 Å². The van der Waals surface area contributed by atoms with Crippen molar-refractivity contribution in [2.45, 2.75) is 6.92 Å². The minimum absolute atomic E-state index is 0. The van der Waals surface area contributed by atoms with E-state index >= 15 is 0 Å². The molecule has 0 fully saturated rings. The van der Waals surface area contributed by atoms with Gasteiger partial charge in [-0.1, -0.05) is 35.9 Å². The van der Waals surface area contributed by atoms with E-state index in [1.54, 1.807) is 0 Å². The molecule has 1 aromatic rings. The Kier molecular flexibility index (Phi) is 9.21. The first kappa shape index (κ1) is 15.8. The molecule has 1 rings (SSSR count). The lowest BCUT2D eigenvalue weighted by atomic mass is 10.2. The summed E-state index contributed by atoms with van der Waals surface area (Å²) in [4.78, 5) is 0. The van der Waals surface area contributed by atoms with Gasteiger partial charge in [-0.2, -0.15) is 0 Å². The number of ether oxygens (including phenoxy) is 1. The van der Waals surface area contributed by atoms with Crippen molar-refractivity contribution in [1.29, 1.82) is 0 Å². The molecule has 0 saturated heterocycles. The summed E-state index contributed by atoms with van der Waals surface area (Å²) in [6, 6.07) is 8.06. The van der Waals surface area contributed by atoms with Crippen LogP contribution in [-0.4, -0.2) is 19.7 Å². The van der Waals surface area contributed by atoms with E-state index in [0.29, 0.717) is 6.61 Å². The summed E-state index contributed by atoms with van der Waals surface area (Å²) in [7, 11) is 0. The van der Waals surface area contributed by atoms with Gasteiger partial charge < -0.3 is 10.1 Å². The highest BCUT2D eigenvalue weighted by molar-refractivity contribution is 5.85. The van der Waals surface area contributed by atoms with Crippen LogP contribution in [0.2, 0.25) is 0 Å². The van der Waals surface area contributed by atoms with Crippen molar-refractivity contribution < 1.29 is 4.74 Å². The Hall–Kier alpha value is -1.25. The van der Waals surface area contributed by atoms with Crippen molar-refractivity contribution in [3.8, 4) is 5.75 Å². The predicted molar refractivity (Wildman–Crippen MR) is 76.1 cm³/mol. The fourth-order valence-corrected chi connectivity index (χ4v) is 1.20. The molecule has 1 aromatic carbocycles. The van der Waals surface area contributed by atoms with Gasteiger partial charge >= 0.3 is 0 Å². The van der Waals surface area contributed by atoms with Crippen LogP contribution in [0.3, 0.4) is 0 Å². The van der Waals surface area contributed by atoms with Gasteiger partial charge in [-0.05, 0) is 19.1 Å². The number of hydrogen-bond acceptors (Lipinski definition) is 2. The van der Waals surface area contributed by atoms with Crippen LogP contribution in [0, 0.1) is 6.92 Å². The molecule has 0 heterocycles. The van der Waals surface area contributed by atoms with Gasteiger partial charge in [-0.15, -0.1) is 19.0 Å². The van der Waals surface area contributed by atoms with Gasteiger partial charge in [0.1, 0.15) is 12.4 Å². The normalized spacial score (nSPS) is 9.94. The van der Waals surface area contributed by atoms with Crippen LogP contribution in [0.25, 0.3) is 0 Å². The quantitative estimate of drug-likeness (QED) is 0.596. The standard InChI is InChI=1S/C14H19NO.ClH/c1-3-10-15-11-4-5-12-16-14-8-6-13(2)7-9-14;/h3-9,15H,1,10-12H2,2H3;1H. The largest absolute Gasteiger partial charge is 0.490 e. The summed E-state index contributed by atoms with van der Waals surface area (Å²) < 4.78 is 5.53. The second-order valence-electron chi connectivity index (χ2n) is 3.54. The zero-order chi connectivity index (χ0) is 11.6. The Balaban J connectivity index is 0.00000256. The monoisotopic (exact) mass is 253 g/mol. The molecule has 0 aromatic heterocycles. The van der Waals surface area contributed by atoms with Gasteiger partial charge in [-0.3, -0.25) is 0 Å². The first-order valence-corrected chi connectivity index (χ1v) is 5.49. The third-order valence-electron chi connectivity index (χ3n) is 2.08. The summed E-state index contributed by atoms with van der Waals surface area (Å²) in [5, 5.41) is 3.18. The first-order chi connectivity index (χ1) is 7.83. The van der Waals surface area contributed by atoms with Crippen molar-refractivity contribution in [1.82, 2.24) is 5.32 Å². The summed E-state index contributed by atoms with van der Waals surface area (Å²) in [5.41, 5.74) is 1.25. The third kappa shape index (κ3) is 7.61. The molecule has 0 unspecified atom stereocenters. The molecule has 0 saturated carbocycles. The average molecular weight is 254 g/mol. The van der Waals surface area contributed by atoms with Crippen LogP contribution >= 0.6 is 12.4 Å². The van der Waals surface area contributed by atoms with Crippen LogP contribution in [-0.2, 0) is 0 Å². The highest BCUT2D eigenvalue weighted by atomic mass is 35.5. The van der Waals surface area contributed by atoms with E-state index in [1.165, 1.54) is 5.56 Å². The van der Waals surface area contributed by atoms with Crippen LogP contribution in [0.4, 0.5) is 0 Å². The highest BCUT2D eigenvalue weighted by Crippen LogP contribution is 2.10. The zero-order valence-electron chi connectivity index (χ0n) is 10.2. The smallest absolute Gasteiger partial charge is 0.119 e. The van der Waals surface area contributed by atoms with Crippen LogP contribution in [0.1, 0.15) is 5.56 Å². The van der Waals surface area contributed by atoms with Gasteiger partial charge in [-0.25, -0.2) is 0 Å². The van der Waals surface area contributed by atoms with E-state index in [4.69, 9.17) is 4.74 Å². The topological polar surface area (TPSA) is 21.3 Å². The second kappa shape index (κ2) is 9.94. The highest BCUT2D eigenvalue weighted by Gasteiger charge is 1.89. The van der Waals surface area contributed by atoms with Gasteiger partial charge in [0.05, 0.1) is 0 Å². The van der Waals surface area contributed by atoms with E-state index in [2.05, 4.69) is 24.9 Å². The van der Waals surface area contributed by atoms with Crippen molar-refractivity contribution >= 4 is 12.4 Å². The molecule has 3 heteroatoms. The fraction of sp³-hybridized carbons (Fsp3) is 0.286. The lowest BCUT2D eigenvalue weighted by Crippen LogP contribution is -2.12. The van der Waals surface area contributed by atoms with E-state index < -0.39 is 0 Å². The number of rotatable bonds is 7. The summed E-state index contributed by atoms with van der Waals surface area (Å²) in [6.45, 7) is 7.99. The molecular formula is C14H20ClNO. The molecule has 17 heavy (non-hydrogen) atoms. The van der Waals surface area contributed by atoms with E-state index in [-0.39, 0.29) is 12.4 Å².